The fraction of sp³-hybridized carbons (Fsp3) is 0.300. The monoisotopic (exact) mass is 166 g/mol. The normalized spacial score (nSPS) is 10.8. The van der Waals surface area contributed by atoms with E-state index in [0.717, 1.165) is 12.0 Å². The zero-order valence-corrected chi connectivity index (χ0v) is 7.12. The Bertz CT molecular complexity index is 202. The molecule has 0 fully saturated rings. The molecule has 0 saturated heterocycles. The third-order valence-electron chi connectivity index (χ3n) is 1.45. The number of aliphatic carboxylic acids is 1. The maximum atomic E-state index is 10.2. The number of allylic oxidation sites excluding steroid dienone is 4. The van der Waals surface area contributed by atoms with Crippen molar-refractivity contribution in [1.82, 2.24) is 0 Å². The number of carbonyl (C=O) groups is 1. The Labute approximate surface area is 72.9 Å². The fourth-order valence-corrected chi connectivity index (χ4v) is 0.849. The first kappa shape index (κ1) is 10.7. The van der Waals surface area contributed by atoms with Crippen LogP contribution in [0.3, 0.4) is 0 Å². The lowest BCUT2D eigenvalue weighted by molar-refractivity contribution is -0.137. The average Bonchev–Trinajstić information content (AvgIpc) is 2.02. The van der Waals surface area contributed by atoms with E-state index in [2.05, 4.69) is 13.2 Å². The van der Waals surface area contributed by atoms with E-state index in [1.165, 1.54) is 0 Å². The molecule has 0 bridgehead atoms. The molecule has 66 valence electrons. The van der Waals surface area contributed by atoms with Crippen LogP contribution in [0.2, 0.25) is 0 Å². The van der Waals surface area contributed by atoms with E-state index in [0.29, 0.717) is 6.42 Å². The van der Waals surface area contributed by atoms with Crippen LogP contribution in [0.15, 0.2) is 37.0 Å². The molecular weight excluding hydrogens is 152 g/mol. The van der Waals surface area contributed by atoms with Crippen LogP contribution < -0.4 is 0 Å². The van der Waals surface area contributed by atoms with Gasteiger partial charge in [-0.15, -0.1) is 0 Å². The van der Waals surface area contributed by atoms with Gasteiger partial charge in [-0.3, -0.25) is 4.79 Å². The van der Waals surface area contributed by atoms with E-state index < -0.39 is 5.97 Å². The Morgan fingerprint density at radius 2 is 2.00 bits per heavy atom. The van der Waals surface area contributed by atoms with E-state index in [-0.39, 0.29) is 6.42 Å². The summed E-state index contributed by atoms with van der Waals surface area (Å²) in [5, 5.41) is 8.36. The molecule has 0 atom stereocenters. The SMILES string of the molecule is C=C/C=C(\C=C)CCCC(=O)O. The molecule has 2 heteroatoms. The Morgan fingerprint density at radius 1 is 1.33 bits per heavy atom. The molecule has 0 unspecified atom stereocenters. The molecule has 0 rings (SSSR count). The van der Waals surface area contributed by atoms with E-state index >= 15 is 0 Å². The number of rotatable bonds is 6. The van der Waals surface area contributed by atoms with Crippen LogP contribution >= 0.6 is 0 Å². The van der Waals surface area contributed by atoms with E-state index in [1.54, 1.807) is 12.2 Å². The number of carboxylic acid groups (broad SMARTS) is 1. The summed E-state index contributed by atoms with van der Waals surface area (Å²) in [6, 6.07) is 0. The molecule has 0 aromatic carbocycles. The molecule has 0 amide bonds. The van der Waals surface area contributed by atoms with Gasteiger partial charge in [0.15, 0.2) is 0 Å². The second-order valence-electron chi connectivity index (χ2n) is 2.43. The van der Waals surface area contributed by atoms with Crippen LogP contribution in [0.4, 0.5) is 0 Å². The highest BCUT2D eigenvalue weighted by Crippen LogP contribution is 2.08. The van der Waals surface area contributed by atoms with Crippen molar-refractivity contribution < 1.29 is 9.90 Å². The van der Waals surface area contributed by atoms with E-state index in [9.17, 15) is 4.79 Å². The topological polar surface area (TPSA) is 37.3 Å². The summed E-state index contributed by atoms with van der Waals surface area (Å²) in [7, 11) is 0. The van der Waals surface area contributed by atoms with Gasteiger partial charge in [-0.1, -0.05) is 31.4 Å². The van der Waals surface area contributed by atoms with Crippen molar-refractivity contribution in [3.8, 4) is 0 Å². The van der Waals surface area contributed by atoms with E-state index in [4.69, 9.17) is 5.11 Å². The summed E-state index contributed by atoms with van der Waals surface area (Å²) in [5.41, 5.74) is 1.03. The summed E-state index contributed by atoms with van der Waals surface area (Å²) in [5.74, 6) is -0.753. The first-order valence-electron chi connectivity index (χ1n) is 3.86. The largest absolute Gasteiger partial charge is 0.481 e. The van der Waals surface area contributed by atoms with Gasteiger partial charge in [0.05, 0.1) is 0 Å². The molecular formula is C10H14O2. The second kappa shape index (κ2) is 6.40. The Kier molecular flexibility index (Phi) is 5.70. The van der Waals surface area contributed by atoms with Gasteiger partial charge >= 0.3 is 5.97 Å². The van der Waals surface area contributed by atoms with Gasteiger partial charge in [0.1, 0.15) is 0 Å². The van der Waals surface area contributed by atoms with Crippen molar-refractivity contribution in [2.75, 3.05) is 0 Å². The van der Waals surface area contributed by atoms with Gasteiger partial charge in [-0.05, 0) is 18.4 Å². The van der Waals surface area contributed by atoms with Crippen LogP contribution in [0.5, 0.6) is 0 Å². The van der Waals surface area contributed by atoms with Crippen LogP contribution in [-0.4, -0.2) is 11.1 Å². The molecule has 0 radical (unpaired) electrons. The molecule has 0 aliphatic rings. The molecule has 12 heavy (non-hydrogen) atoms. The van der Waals surface area contributed by atoms with E-state index in [1.807, 2.05) is 6.08 Å². The summed E-state index contributed by atoms with van der Waals surface area (Å²) < 4.78 is 0. The molecule has 0 aromatic rings. The Balaban J connectivity index is 3.73. The highest BCUT2D eigenvalue weighted by Gasteiger charge is 1.96. The van der Waals surface area contributed by atoms with Crippen molar-refractivity contribution in [2.45, 2.75) is 19.3 Å². The summed E-state index contributed by atoms with van der Waals surface area (Å²) in [6.07, 6.45) is 6.86. The smallest absolute Gasteiger partial charge is 0.303 e. The van der Waals surface area contributed by atoms with Gasteiger partial charge in [0.2, 0.25) is 0 Å². The van der Waals surface area contributed by atoms with Crippen molar-refractivity contribution in [2.24, 2.45) is 0 Å². The van der Waals surface area contributed by atoms with Gasteiger partial charge in [-0.2, -0.15) is 0 Å². The van der Waals surface area contributed by atoms with Gasteiger partial charge < -0.3 is 5.11 Å². The van der Waals surface area contributed by atoms with Crippen molar-refractivity contribution in [1.29, 1.82) is 0 Å². The number of hydrogen-bond donors (Lipinski definition) is 1. The molecule has 0 aliphatic carbocycles. The molecule has 1 N–H and O–H groups in total. The lowest BCUT2D eigenvalue weighted by Gasteiger charge is -1.97. The summed E-state index contributed by atoms with van der Waals surface area (Å²) >= 11 is 0. The molecule has 0 spiro atoms. The van der Waals surface area contributed by atoms with Crippen molar-refractivity contribution in [3.05, 3.63) is 37.0 Å². The standard InChI is InChI=1S/C10H14O2/c1-3-6-9(4-2)7-5-8-10(11)12/h3-4,6H,1-2,5,7-8H2,(H,11,12)/b9-6+. The second-order valence-corrected chi connectivity index (χ2v) is 2.43. The zero-order chi connectivity index (χ0) is 9.40. The van der Waals surface area contributed by atoms with Crippen LogP contribution in [-0.2, 0) is 4.79 Å². The summed E-state index contributed by atoms with van der Waals surface area (Å²) in [4.78, 5) is 10.2. The molecule has 0 heterocycles. The number of hydrogen-bond acceptors (Lipinski definition) is 1. The molecule has 2 nitrogen and oxygen atoms in total. The fourth-order valence-electron chi connectivity index (χ4n) is 0.849. The molecule has 0 aromatic heterocycles. The highest BCUT2D eigenvalue weighted by atomic mass is 16.4. The predicted molar refractivity (Wildman–Crippen MR) is 50.0 cm³/mol. The predicted octanol–water partition coefficient (Wildman–Crippen LogP) is 2.54. The minimum atomic E-state index is -0.753. The molecule has 0 saturated carbocycles. The third kappa shape index (κ3) is 5.47. The maximum Gasteiger partial charge on any atom is 0.303 e. The van der Waals surface area contributed by atoms with Crippen LogP contribution in [0, 0.1) is 0 Å². The molecule has 0 aliphatic heterocycles. The maximum absolute atomic E-state index is 10.2. The minimum absolute atomic E-state index is 0.211. The Morgan fingerprint density at radius 3 is 2.42 bits per heavy atom. The van der Waals surface area contributed by atoms with Gasteiger partial charge in [0, 0.05) is 6.42 Å². The lowest BCUT2D eigenvalue weighted by Crippen LogP contribution is -1.93. The highest BCUT2D eigenvalue weighted by molar-refractivity contribution is 5.66. The summed E-state index contributed by atoms with van der Waals surface area (Å²) in [6.45, 7) is 7.17. The van der Waals surface area contributed by atoms with Crippen LogP contribution in [0.25, 0.3) is 0 Å². The van der Waals surface area contributed by atoms with Crippen LogP contribution in [0.1, 0.15) is 19.3 Å². The lowest BCUT2D eigenvalue weighted by atomic mass is 10.1. The van der Waals surface area contributed by atoms with Gasteiger partial charge in [-0.25, -0.2) is 0 Å². The number of carboxylic acids is 1. The third-order valence-corrected chi connectivity index (χ3v) is 1.45. The quantitative estimate of drug-likeness (QED) is 0.615. The first-order chi connectivity index (χ1) is 5.70. The first-order valence-corrected chi connectivity index (χ1v) is 3.86. The zero-order valence-electron chi connectivity index (χ0n) is 7.12. The van der Waals surface area contributed by atoms with Gasteiger partial charge in [0.25, 0.3) is 0 Å². The minimum Gasteiger partial charge on any atom is -0.481 e. The average molecular weight is 166 g/mol. The Hall–Kier alpha value is -1.31. The van der Waals surface area contributed by atoms with Crippen molar-refractivity contribution >= 4 is 5.97 Å². The van der Waals surface area contributed by atoms with Crippen molar-refractivity contribution in [3.63, 3.8) is 0 Å².